The van der Waals surface area contributed by atoms with Crippen LogP contribution in [0.3, 0.4) is 0 Å². The van der Waals surface area contributed by atoms with E-state index in [-0.39, 0.29) is 17.9 Å². The molecule has 5 nitrogen and oxygen atoms in total. The second-order valence-corrected chi connectivity index (χ2v) is 8.07. The number of para-hydroxylation sites is 1. The summed E-state index contributed by atoms with van der Waals surface area (Å²) in [6.07, 6.45) is -0.773. The largest absolute Gasteiger partial charge is 0.284 e. The predicted octanol–water partition coefficient (Wildman–Crippen LogP) is 3.89. The molecule has 0 spiro atoms. The Bertz CT molecular complexity index is 1030. The van der Waals surface area contributed by atoms with Crippen molar-refractivity contribution in [2.75, 3.05) is 11.9 Å². The maximum atomic E-state index is 13.2. The molecule has 0 saturated carbocycles. The van der Waals surface area contributed by atoms with Crippen molar-refractivity contribution in [3.63, 3.8) is 0 Å². The zero-order valence-corrected chi connectivity index (χ0v) is 16.0. The number of anilines is 1. The number of hydroxylamine groups is 2. The summed E-state index contributed by atoms with van der Waals surface area (Å²) in [5.74, 6) is -1.04. The van der Waals surface area contributed by atoms with Crippen molar-refractivity contribution in [1.82, 2.24) is 5.06 Å². The quantitative estimate of drug-likeness (QED) is 0.637. The van der Waals surface area contributed by atoms with Gasteiger partial charge in [-0.25, -0.2) is 4.90 Å². The lowest BCUT2D eigenvalue weighted by molar-refractivity contribution is -0.160. The van der Waals surface area contributed by atoms with E-state index in [4.69, 9.17) is 4.84 Å². The van der Waals surface area contributed by atoms with E-state index < -0.39 is 12.0 Å². The average Bonchev–Trinajstić information content (AvgIpc) is 3.39. The van der Waals surface area contributed by atoms with Gasteiger partial charge in [-0.05, 0) is 29.8 Å². The van der Waals surface area contributed by atoms with Crippen molar-refractivity contribution >= 4 is 28.8 Å². The molecule has 6 heteroatoms. The number of carbonyl (C=O) groups is 2. The number of hydrogen-bond donors (Lipinski definition) is 0. The molecule has 3 atom stereocenters. The van der Waals surface area contributed by atoms with Gasteiger partial charge in [0, 0.05) is 16.8 Å². The van der Waals surface area contributed by atoms with E-state index in [1.807, 2.05) is 42.5 Å². The van der Waals surface area contributed by atoms with Crippen molar-refractivity contribution in [3.8, 4) is 10.4 Å². The Morgan fingerprint density at radius 2 is 1.54 bits per heavy atom. The molecule has 1 aromatic heterocycles. The molecule has 2 aliphatic heterocycles. The first-order valence-electron chi connectivity index (χ1n) is 9.13. The molecule has 5 rings (SSSR count). The van der Waals surface area contributed by atoms with Crippen LogP contribution in [0.4, 0.5) is 5.69 Å². The highest BCUT2D eigenvalue weighted by Crippen LogP contribution is 2.47. The van der Waals surface area contributed by atoms with E-state index in [9.17, 15) is 9.59 Å². The number of imide groups is 1. The molecule has 2 amide bonds. The Kier molecular flexibility index (Phi) is 4.12. The van der Waals surface area contributed by atoms with Crippen molar-refractivity contribution in [2.24, 2.45) is 5.92 Å². The summed E-state index contributed by atoms with van der Waals surface area (Å²) in [6.45, 7) is 0. The van der Waals surface area contributed by atoms with E-state index in [2.05, 4.69) is 18.2 Å². The van der Waals surface area contributed by atoms with Crippen LogP contribution in [0.5, 0.6) is 0 Å². The summed E-state index contributed by atoms with van der Waals surface area (Å²) in [6, 6.07) is 23.0. The number of carbonyl (C=O) groups excluding carboxylic acids is 2. The molecular weight excluding hydrogens is 372 g/mol. The van der Waals surface area contributed by atoms with Gasteiger partial charge in [-0.2, -0.15) is 5.06 Å². The highest BCUT2D eigenvalue weighted by atomic mass is 32.1. The Morgan fingerprint density at radius 1 is 0.857 bits per heavy atom. The summed E-state index contributed by atoms with van der Waals surface area (Å²) < 4.78 is 0. The smallest absolute Gasteiger partial charge is 0.265 e. The second kappa shape index (κ2) is 6.67. The molecular formula is C22H18N2O3S. The Hall–Kier alpha value is -2.80. The fourth-order valence-corrected chi connectivity index (χ4v) is 5.20. The minimum absolute atomic E-state index is 0.204. The van der Waals surface area contributed by atoms with Gasteiger partial charge in [0.15, 0.2) is 6.10 Å². The lowest BCUT2D eigenvalue weighted by Gasteiger charge is -2.23. The molecule has 0 radical (unpaired) electrons. The molecule has 3 aromatic rings. The maximum Gasteiger partial charge on any atom is 0.265 e. The minimum atomic E-state index is -0.773. The third-order valence-electron chi connectivity index (χ3n) is 5.30. The molecule has 0 N–H and O–H groups in total. The lowest BCUT2D eigenvalue weighted by atomic mass is 9.96. The summed E-state index contributed by atoms with van der Waals surface area (Å²) in [4.78, 5) is 35.4. The standard InChI is InChI=1S/C22H18N2O3S/c1-23-19(17-13-12-16(28-17)14-8-4-2-5-9-14)18-20(27-23)22(26)24(21(18)25)15-10-6-3-7-11-15/h2-13,18-20H,1H3/t18-,19+,20+/m1/s1. The number of rotatable bonds is 3. The van der Waals surface area contributed by atoms with Crippen LogP contribution in [0.25, 0.3) is 10.4 Å². The van der Waals surface area contributed by atoms with Crippen LogP contribution >= 0.6 is 11.3 Å². The molecule has 2 saturated heterocycles. The highest BCUT2D eigenvalue weighted by Gasteiger charge is 2.59. The van der Waals surface area contributed by atoms with E-state index in [0.29, 0.717) is 5.69 Å². The van der Waals surface area contributed by atoms with Crippen molar-refractivity contribution in [2.45, 2.75) is 12.1 Å². The number of fused-ring (bicyclic) bond motifs is 1. The third-order valence-corrected chi connectivity index (χ3v) is 6.50. The van der Waals surface area contributed by atoms with Gasteiger partial charge in [-0.1, -0.05) is 48.5 Å². The third kappa shape index (κ3) is 2.61. The first-order chi connectivity index (χ1) is 13.6. The fraction of sp³-hybridized carbons (Fsp3) is 0.182. The van der Waals surface area contributed by atoms with Gasteiger partial charge in [0.25, 0.3) is 5.91 Å². The van der Waals surface area contributed by atoms with Gasteiger partial charge in [0.1, 0.15) is 0 Å². The number of amides is 2. The highest BCUT2D eigenvalue weighted by molar-refractivity contribution is 7.15. The Morgan fingerprint density at radius 3 is 2.25 bits per heavy atom. The zero-order chi connectivity index (χ0) is 19.3. The van der Waals surface area contributed by atoms with E-state index in [1.54, 1.807) is 35.6 Å². The van der Waals surface area contributed by atoms with Gasteiger partial charge in [0.2, 0.25) is 5.91 Å². The van der Waals surface area contributed by atoms with Gasteiger partial charge in [0.05, 0.1) is 17.6 Å². The van der Waals surface area contributed by atoms with Crippen LogP contribution in [-0.4, -0.2) is 30.0 Å². The first kappa shape index (κ1) is 17.3. The van der Waals surface area contributed by atoms with Gasteiger partial charge < -0.3 is 0 Å². The van der Waals surface area contributed by atoms with Crippen LogP contribution in [0.2, 0.25) is 0 Å². The van der Waals surface area contributed by atoms with Crippen LogP contribution in [0, 0.1) is 5.92 Å². The monoisotopic (exact) mass is 390 g/mol. The summed E-state index contributed by atoms with van der Waals surface area (Å²) in [5.41, 5.74) is 1.73. The summed E-state index contributed by atoms with van der Waals surface area (Å²) in [5, 5.41) is 1.66. The normalized spacial score (nSPS) is 24.8. The predicted molar refractivity (Wildman–Crippen MR) is 108 cm³/mol. The Labute approximate surface area is 166 Å². The Balaban J connectivity index is 1.49. The van der Waals surface area contributed by atoms with Crippen LogP contribution < -0.4 is 4.90 Å². The maximum absolute atomic E-state index is 13.2. The number of benzene rings is 2. The van der Waals surface area contributed by atoms with Crippen LogP contribution in [0.1, 0.15) is 10.9 Å². The second-order valence-electron chi connectivity index (χ2n) is 6.96. The molecule has 140 valence electrons. The minimum Gasteiger partial charge on any atom is -0.284 e. The number of nitrogens with zero attached hydrogens (tertiary/aromatic N) is 2. The molecule has 28 heavy (non-hydrogen) atoms. The van der Waals surface area contributed by atoms with E-state index >= 15 is 0 Å². The van der Waals surface area contributed by atoms with Crippen molar-refractivity contribution in [3.05, 3.63) is 77.7 Å². The van der Waals surface area contributed by atoms with E-state index in [1.165, 1.54) is 4.90 Å². The molecule has 2 aromatic carbocycles. The number of hydrogen-bond acceptors (Lipinski definition) is 5. The molecule has 0 bridgehead atoms. The lowest BCUT2D eigenvalue weighted by Crippen LogP contribution is -2.36. The molecule has 2 aliphatic rings. The molecule has 3 heterocycles. The average molecular weight is 390 g/mol. The molecule has 0 aliphatic carbocycles. The fourth-order valence-electron chi connectivity index (χ4n) is 4.01. The topological polar surface area (TPSA) is 49.9 Å². The van der Waals surface area contributed by atoms with E-state index in [0.717, 1.165) is 15.3 Å². The molecule has 0 unspecified atom stereocenters. The van der Waals surface area contributed by atoms with Crippen molar-refractivity contribution < 1.29 is 14.4 Å². The van der Waals surface area contributed by atoms with Crippen molar-refractivity contribution in [1.29, 1.82) is 0 Å². The molecule has 2 fully saturated rings. The van der Waals surface area contributed by atoms with Crippen LogP contribution in [-0.2, 0) is 14.4 Å². The first-order valence-corrected chi connectivity index (χ1v) is 9.94. The van der Waals surface area contributed by atoms with Crippen LogP contribution in [0.15, 0.2) is 72.8 Å². The summed E-state index contributed by atoms with van der Waals surface area (Å²) in [7, 11) is 1.79. The van der Waals surface area contributed by atoms with Gasteiger partial charge in [-0.3, -0.25) is 14.4 Å². The number of thiophene rings is 1. The zero-order valence-electron chi connectivity index (χ0n) is 15.2. The summed E-state index contributed by atoms with van der Waals surface area (Å²) >= 11 is 1.63. The SMILES string of the molecule is CN1O[C@@H]2C(=O)N(c3ccccc3)C(=O)[C@@H]2[C@@H]1c1ccc(-c2ccccc2)s1. The van der Waals surface area contributed by atoms with Gasteiger partial charge >= 0.3 is 0 Å². The van der Waals surface area contributed by atoms with Gasteiger partial charge in [-0.15, -0.1) is 11.3 Å².